The number of rotatable bonds is 3. The van der Waals surface area contributed by atoms with Gasteiger partial charge >= 0.3 is 0 Å². The standard InChI is InChI=1S/C11H18/c1-2-3-7-11-8-5-4-6-9(11)10(8)11/h8-10H,2-7H2,1H3. The minimum atomic E-state index is 0.980. The Balaban J connectivity index is 1.64. The predicted molar refractivity (Wildman–Crippen MR) is 46.3 cm³/mol. The van der Waals surface area contributed by atoms with Crippen molar-refractivity contribution in [2.75, 3.05) is 0 Å². The van der Waals surface area contributed by atoms with Crippen molar-refractivity contribution < 1.29 is 0 Å². The fourth-order valence-electron chi connectivity index (χ4n) is 4.06. The highest BCUT2D eigenvalue weighted by atomic mass is 14.9. The van der Waals surface area contributed by atoms with Crippen LogP contribution in [0.15, 0.2) is 0 Å². The summed E-state index contributed by atoms with van der Waals surface area (Å²) in [6, 6.07) is 0. The van der Waals surface area contributed by atoms with Crippen molar-refractivity contribution in [1.82, 2.24) is 0 Å². The van der Waals surface area contributed by atoms with Crippen LogP contribution in [-0.4, -0.2) is 0 Å². The number of unbranched alkanes of at least 4 members (excludes halogenated alkanes) is 1. The summed E-state index contributed by atoms with van der Waals surface area (Å²) in [7, 11) is 0. The van der Waals surface area contributed by atoms with Crippen LogP contribution >= 0.6 is 0 Å². The van der Waals surface area contributed by atoms with E-state index in [2.05, 4.69) is 6.92 Å². The molecule has 3 rings (SSSR count). The van der Waals surface area contributed by atoms with E-state index in [9.17, 15) is 0 Å². The lowest BCUT2D eigenvalue weighted by molar-refractivity contribution is 0.256. The van der Waals surface area contributed by atoms with Gasteiger partial charge in [0.15, 0.2) is 0 Å². The van der Waals surface area contributed by atoms with Crippen molar-refractivity contribution in [3.63, 3.8) is 0 Å². The molecule has 0 aliphatic heterocycles. The van der Waals surface area contributed by atoms with Crippen molar-refractivity contribution in [2.24, 2.45) is 23.2 Å². The summed E-state index contributed by atoms with van der Waals surface area (Å²) in [4.78, 5) is 0. The molecule has 0 heteroatoms. The molecule has 0 bridgehead atoms. The van der Waals surface area contributed by atoms with Crippen LogP contribution in [-0.2, 0) is 0 Å². The molecule has 2 unspecified atom stereocenters. The Morgan fingerprint density at radius 2 is 2.00 bits per heavy atom. The molecule has 2 atom stereocenters. The Bertz CT molecular complexity index is 161. The van der Waals surface area contributed by atoms with Crippen molar-refractivity contribution in [3.8, 4) is 0 Å². The first-order chi connectivity index (χ1) is 5.41. The molecule has 0 aromatic heterocycles. The fourth-order valence-corrected chi connectivity index (χ4v) is 4.06. The van der Waals surface area contributed by atoms with Crippen LogP contribution in [0, 0.1) is 23.2 Å². The van der Waals surface area contributed by atoms with Gasteiger partial charge in [-0.05, 0) is 42.4 Å². The highest BCUT2D eigenvalue weighted by Gasteiger charge is 2.85. The molecule has 0 saturated heterocycles. The third kappa shape index (κ3) is 0.588. The summed E-state index contributed by atoms with van der Waals surface area (Å²) >= 11 is 0. The third-order valence-corrected chi connectivity index (χ3v) is 4.64. The molecule has 3 aliphatic carbocycles. The molecular weight excluding hydrogens is 132 g/mol. The number of hydrogen-bond acceptors (Lipinski definition) is 0. The highest BCUT2D eigenvalue weighted by molar-refractivity contribution is 5.32. The van der Waals surface area contributed by atoms with E-state index in [4.69, 9.17) is 0 Å². The van der Waals surface area contributed by atoms with Crippen molar-refractivity contribution in [2.45, 2.75) is 45.4 Å². The van der Waals surface area contributed by atoms with Crippen molar-refractivity contribution in [1.29, 1.82) is 0 Å². The van der Waals surface area contributed by atoms with E-state index in [1.54, 1.807) is 25.7 Å². The molecular formula is C11H18. The maximum absolute atomic E-state index is 2.33. The van der Waals surface area contributed by atoms with E-state index in [1.165, 1.54) is 30.6 Å². The second-order valence-corrected chi connectivity index (χ2v) is 4.89. The molecule has 3 aliphatic rings. The average Bonchev–Trinajstić information content (AvgIpc) is 2.91. The molecule has 0 N–H and O–H groups in total. The number of hydrogen-bond donors (Lipinski definition) is 0. The van der Waals surface area contributed by atoms with Crippen molar-refractivity contribution >= 4 is 0 Å². The molecule has 62 valence electrons. The van der Waals surface area contributed by atoms with Crippen LogP contribution in [0.5, 0.6) is 0 Å². The summed E-state index contributed by atoms with van der Waals surface area (Å²) in [6.07, 6.45) is 9.23. The molecule has 0 aromatic carbocycles. The molecule has 3 fully saturated rings. The lowest BCUT2D eigenvalue weighted by atomic mass is 9.81. The van der Waals surface area contributed by atoms with Crippen LogP contribution in [0.4, 0.5) is 0 Å². The van der Waals surface area contributed by atoms with Gasteiger partial charge in [0.2, 0.25) is 0 Å². The number of fused-ring (bicyclic) bond motifs is 2. The van der Waals surface area contributed by atoms with Crippen LogP contribution in [0.1, 0.15) is 45.4 Å². The Hall–Kier alpha value is 0. The van der Waals surface area contributed by atoms with E-state index >= 15 is 0 Å². The van der Waals surface area contributed by atoms with Gasteiger partial charge in [-0.3, -0.25) is 0 Å². The van der Waals surface area contributed by atoms with Gasteiger partial charge in [-0.25, -0.2) is 0 Å². The first-order valence-electron chi connectivity index (χ1n) is 5.41. The molecule has 0 spiro atoms. The van der Waals surface area contributed by atoms with E-state index in [1.807, 2.05) is 0 Å². The van der Waals surface area contributed by atoms with Gasteiger partial charge in [0, 0.05) is 0 Å². The van der Waals surface area contributed by atoms with Crippen LogP contribution in [0.3, 0.4) is 0 Å². The third-order valence-electron chi connectivity index (χ3n) is 4.64. The van der Waals surface area contributed by atoms with Crippen LogP contribution in [0.25, 0.3) is 0 Å². The monoisotopic (exact) mass is 150 g/mol. The zero-order chi connectivity index (χ0) is 7.47. The molecule has 0 heterocycles. The summed E-state index contributed by atoms with van der Waals surface area (Å²) in [5.74, 6) is 3.71. The van der Waals surface area contributed by atoms with E-state index in [0.717, 1.165) is 5.41 Å². The maximum Gasteiger partial charge on any atom is -0.0201 e. The lowest BCUT2D eigenvalue weighted by Gasteiger charge is -2.24. The summed E-state index contributed by atoms with van der Waals surface area (Å²) < 4.78 is 0. The molecule has 11 heavy (non-hydrogen) atoms. The summed E-state index contributed by atoms with van der Waals surface area (Å²) in [6.45, 7) is 2.33. The minimum Gasteiger partial charge on any atom is -0.0654 e. The largest absolute Gasteiger partial charge is 0.0654 e. The maximum atomic E-state index is 2.33. The Morgan fingerprint density at radius 3 is 2.55 bits per heavy atom. The second kappa shape index (κ2) is 1.84. The smallest absolute Gasteiger partial charge is 0.0201 e. The van der Waals surface area contributed by atoms with Crippen molar-refractivity contribution in [3.05, 3.63) is 0 Å². The van der Waals surface area contributed by atoms with E-state index in [0.29, 0.717) is 0 Å². The van der Waals surface area contributed by atoms with Gasteiger partial charge in [-0.15, -0.1) is 0 Å². The van der Waals surface area contributed by atoms with Gasteiger partial charge < -0.3 is 0 Å². The van der Waals surface area contributed by atoms with Crippen LogP contribution in [0.2, 0.25) is 0 Å². The average molecular weight is 150 g/mol. The Kier molecular flexibility index (Phi) is 1.09. The lowest BCUT2D eigenvalue weighted by Crippen LogP contribution is -2.15. The molecule has 0 radical (unpaired) electrons. The Labute approximate surface area is 69.4 Å². The molecule has 0 amide bonds. The Morgan fingerprint density at radius 1 is 1.27 bits per heavy atom. The van der Waals surface area contributed by atoms with Gasteiger partial charge in [0.25, 0.3) is 0 Å². The summed E-state index contributed by atoms with van der Waals surface area (Å²) in [5.41, 5.74) is 0.980. The second-order valence-electron chi connectivity index (χ2n) is 4.89. The molecule has 0 aromatic rings. The first kappa shape index (κ1) is 6.51. The van der Waals surface area contributed by atoms with Crippen LogP contribution < -0.4 is 0 Å². The van der Waals surface area contributed by atoms with E-state index in [-0.39, 0.29) is 0 Å². The summed E-state index contributed by atoms with van der Waals surface area (Å²) in [5, 5.41) is 0. The first-order valence-corrected chi connectivity index (χ1v) is 5.41. The molecule has 0 nitrogen and oxygen atoms in total. The minimum absolute atomic E-state index is 0.980. The van der Waals surface area contributed by atoms with Gasteiger partial charge in [0.1, 0.15) is 0 Å². The quantitative estimate of drug-likeness (QED) is 0.579. The zero-order valence-electron chi connectivity index (χ0n) is 7.47. The van der Waals surface area contributed by atoms with Gasteiger partial charge in [0.05, 0.1) is 0 Å². The van der Waals surface area contributed by atoms with E-state index < -0.39 is 0 Å². The fraction of sp³-hybridized carbons (Fsp3) is 1.00. The van der Waals surface area contributed by atoms with Gasteiger partial charge in [-0.1, -0.05) is 26.2 Å². The molecule has 3 saturated carbocycles. The highest BCUT2D eigenvalue weighted by Crippen LogP contribution is 2.90. The van der Waals surface area contributed by atoms with Gasteiger partial charge in [-0.2, -0.15) is 0 Å². The SMILES string of the molecule is CCCCC12C3CCCC1C32. The topological polar surface area (TPSA) is 0 Å². The predicted octanol–water partition coefficient (Wildman–Crippen LogP) is 3.22. The zero-order valence-corrected chi connectivity index (χ0v) is 7.47. The normalized spacial score (nSPS) is 57.0.